The summed E-state index contributed by atoms with van der Waals surface area (Å²) in [6.45, 7) is 3.89. The Morgan fingerprint density at radius 3 is 2.79 bits per heavy atom. The van der Waals surface area contributed by atoms with Gasteiger partial charge in [-0.1, -0.05) is 15.9 Å². The van der Waals surface area contributed by atoms with Crippen molar-refractivity contribution >= 4 is 32.9 Å². The molecule has 78 valence electrons. The summed E-state index contributed by atoms with van der Waals surface area (Å²) in [5.41, 5.74) is 2.21. The number of hydrogen-bond donors (Lipinski definition) is 0. The van der Waals surface area contributed by atoms with Crippen molar-refractivity contribution in [3.63, 3.8) is 0 Å². The fraction of sp³-hybridized carbons (Fsp3) is 0.556. The molecule has 1 unspecified atom stereocenters. The molecule has 0 amide bonds. The third-order valence-corrected chi connectivity index (χ3v) is 2.89. The van der Waals surface area contributed by atoms with E-state index in [4.69, 9.17) is 4.74 Å². The summed E-state index contributed by atoms with van der Waals surface area (Å²) in [4.78, 5) is 8.57. The van der Waals surface area contributed by atoms with Gasteiger partial charge in [0.1, 0.15) is 11.9 Å². The van der Waals surface area contributed by atoms with Crippen LogP contribution in [-0.2, 0) is 6.42 Å². The number of ether oxygens (including phenoxy) is 1. The molecule has 0 bridgehead atoms. The SMILES string of the molecule is Br.Cc1nc(C)c2c(n1)OC(CBr)C2. The van der Waals surface area contributed by atoms with Crippen molar-refractivity contribution in [3.05, 3.63) is 17.1 Å². The number of aryl methyl sites for hydroxylation is 2. The van der Waals surface area contributed by atoms with E-state index < -0.39 is 0 Å². The summed E-state index contributed by atoms with van der Waals surface area (Å²) in [5.74, 6) is 1.56. The van der Waals surface area contributed by atoms with Gasteiger partial charge in [0.25, 0.3) is 0 Å². The van der Waals surface area contributed by atoms with Gasteiger partial charge in [-0.05, 0) is 13.8 Å². The van der Waals surface area contributed by atoms with Gasteiger partial charge in [0.2, 0.25) is 5.88 Å². The topological polar surface area (TPSA) is 35.0 Å². The number of hydrogen-bond acceptors (Lipinski definition) is 3. The van der Waals surface area contributed by atoms with Gasteiger partial charge in [0, 0.05) is 23.0 Å². The summed E-state index contributed by atoms with van der Waals surface area (Å²) in [6, 6.07) is 0. The van der Waals surface area contributed by atoms with Gasteiger partial charge in [-0.25, -0.2) is 4.98 Å². The summed E-state index contributed by atoms with van der Waals surface area (Å²) < 4.78 is 5.62. The van der Waals surface area contributed by atoms with E-state index in [1.165, 1.54) is 0 Å². The lowest BCUT2D eigenvalue weighted by Crippen LogP contribution is -2.14. The van der Waals surface area contributed by atoms with Crippen molar-refractivity contribution in [2.45, 2.75) is 26.4 Å². The highest BCUT2D eigenvalue weighted by Crippen LogP contribution is 2.28. The van der Waals surface area contributed by atoms with Crippen molar-refractivity contribution in [1.82, 2.24) is 9.97 Å². The van der Waals surface area contributed by atoms with E-state index >= 15 is 0 Å². The Labute approximate surface area is 102 Å². The number of halogens is 2. The zero-order valence-corrected chi connectivity index (χ0v) is 11.4. The molecule has 1 aliphatic rings. The molecular formula is C9H12Br2N2O. The molecule has 0 N–H and O–H groups in total. The number of nitrogens with zero attached hydrogens (tertiary/aromatic N) is 2. The Hall–Kier alpha value is -0.160. The van der Waals surface area contributed by atoms with Crippen LogP contribution in [0, 0.1) is 13.8 Å². The molecule has 1 aliphatic heterocycles. The smallest absolute Gasteiger partial charge is 0.220 e. The van der Waals surface area contributed by atoms with Crippen molar-refractivity contribution in [2.24, 2.45) is 0 Å². The van der Waals surface area contributed by atoms with E-state index in [0.29, 0.717) is 0 Å². The molecule has 14 heavy (non-hydrogen) atoms. The van der Waals surface area contributed by atoms with Gasteiger partial charge < -0.3 is 4.74 Å². The lowest BCUT2D eigenvalue weighted by atomic mass is 10.1. The maximum atomic E-state index is 5.62. The Kier molecular flexibility index (Phi) is 3.89. The number of rotatable bonds is 1. The minimum Gasteiger partial charge on any atom is -0.473 e. The Bertz CT molecular complexity index is 344. The average molecular weight is 324 g/mol. The molecule has 0 saturated heterocycles. The lowest BCUT2D eigenvalue weighted by Gasteiger charge is -2.04. The molecule has 1 aromatic rings. The fourth-order valence-electron chi connectivity index (χ4n) is 1.55. The summed E-state index contributed by atoms with van der Waals surface area (Å²) >= 11 is 3.41. The van der Waals surface area contributed by atoms with E-state index in [1.807, 2.05) is 13.8 Å². The van der Waals surface area contributed by atoms with Gasteiger partial charge in [-0.15, -0.1) is 17.0 Å². The predicted octanol–water partition coefficient (Wildman–Crippen LogP) is 2.37. The largest absolute Gasteiger partial charge is 0.473 e. The molecule has 2 heterocycles. The second-order valence-corrected chi connectivity index (χ2v) is 3.89. The van der Waals surface area contributed by atoms with Gasteiger partial charge in [0.05, 0.1) is 0 Å². The first-order valence-electron chi connectivity index (χ1n) is 4.27. The second-order valence-electron chi connectivity index (χ2n) is 3.24. The van der Waals surface area contributed by atoms with Gasteiger partial charge >= 0.3 is 0 Å². The van der Waals surface area contributed by atoms with Crippen LogP contribution in [0.15, 0.2) is 0 Å². The van der Waals surface area contributed by atoms with Crippen LogP contribution in [0.4, 0.5) is 0 Å². The Morgan fingerprint density at radius 2 is 2.14 bits per heavy atom. The normalized spacial score (nSPS) is 18.4. The highest BCUT2D eigenvalue weighted by atomic mass is 79.9. The Morgan fingerprint density at radius 1 is 1.43 bits per heavy atom. The van der Waals surface area contributed by atoms with Crippen molar-refractivity contribution in [3.8, 4) is 5.88 Å². The number of alkyl halides is 1. The maximum Gasteiger partial charge on any atom is 0.220 e. The van der Waals surface area contributed by atoms with E-state index in [1.54, 1.807) is 0 Å². The van der Waals surface area contributed by atoms with Crippen molar-refractivity contribution < 1.29 is 4.74 Å². The van der Waals surface area contributed by atoms with Crippen LogP contribution < -0.4 is 4.74 Å². The van der Waals surface area contributed by atoms with Gasteiger partial charge in [-0.3, -0.25) is 0 Å². The van der Waals surface area contributed by atoms with E-state index in [0.717, 1.165) is 34.7 Å². The summed E-state index contributed by atoms with van der Waals surface area (Å²) in [6.07, 6.45) is 1.15. The zero-order chi connectivity index (χ0) is 9.42. The van der Waals surface area contributed by atoms with Crippen LogP contribution in [0.25, 0.3) is 0 Å². The van der Waals surface area contributed by atoms with Crippen LogP contribution in [0.2, 0.25) is 0 Å². The Balaban J connectivity index is 0.000000980. The fourth-order valence-corrected chi connectivity index (χ4v) is 1.91. The van der Waals surface area contributed by atoms with E-state index in [-0.39, 0.29) is 23.1 Å². The third-order valence-electron chi connectivity index (χ3n) is 2.17. The minimum atomic E-state index is 0. The maximum absolute atomic E-state index is 5.62. The van der Waals surface area contributed by atoms with Crippen LogP contribution >= 0.6 is 32.9 Å². The van der Waals surface area contributed by atoms with Gasteiger partial charge in [-0.2, -0.15) is 4.98 Å². The molecule has 1 atom stereocenters. The molecule has 0 saturated carbocycles. The lowest BCUT2D eigenvalue weighted by molar-refractivity contribution is 0.251. The first-order chi connectivity index (χ1) is 6.20. The molecule has 0 aromatic carbocycles. The minimum absolute atomic E-state index is 0. The monoisotopic (exact) mass is 322 g/mol. The quantitative estimate of drug-likeness (QED) is 0.744. The molecule has 0 radical (unpaired) electrons. The van der Waals surface area contributed by atoms with Crippen LogP contribution in [-0.4, -0.2) is 21.4 Å². The van der Waals surface area contributed by atoms with Crippen molar-refractivity contribution in [1.29, 1.82) is 0 Å². The highest BCUT2D eigenvalue weighted by molar-refractivity contribution is 9.09. The number of fused-ring (bicyclic) bond motifs is 1. The van der Waals surface area contributed by atoms with Gasteiger partial charge in [0.15, 0.2) is 0 Å². The zero-order valence-electron chi connectivity index (χ0n) is 8.08. The first kappa shape index (κ1) is 11.9. The molecule has 1 aromatic heterocycles. The summed E-state index contributed by atoms with van der Waals surface area (Å²) in [7, 11) is 0. The molecule has 0 fully saturated rings. The molecule has 3 nitrogen and oxygen atoms in total. The average Bonchev–Trinajstić information content (AvgIpc) is 2.47. The molecule has 0 aliphatic carbocycles. The third kappa shape index (κ3) is 2.08. The van der Waals surface area contributed by atoms with E-state index in [9.17, 15) is 0 Å². The molecule has 0 spiro atoms. The predicted molar refractivity (Wildman–Crippen MR) is 63.7 cm³/mol. The second kappa shape index (κ2) is 4.57. The summed E-state index contributed by atoms with van der Waals surface area (Å²) in [5, 5.41) is 0.849. The highest BCUT2D eigenvalue weighted by Gasteiger charge is 2.25. The standard InChI is InChI=1S/C9H11BrN2O.BrH/c1-5-8-3-7(4-10)13-9(8)12-6(2)11-5;/h7H,3-4H2,1-2H3;1H. The first-order valence-corrected chi connectivity index (χ1v) is 5.39. The van der Waals surface area contributed by atoms with Crippen LogP contribution in [0.3, 0.4) is 0 Å². The van der Waals surface area contributed by atoms with Crippen LogP contribution in [0.1, 0.15) is 17.1 Å². The molecule has 5 heteroatoms. The van der Waals surface area contributed by atoms with Crippen LogP contribution in [0.5, 0.6) is 5.88 Å². The molecule has 2 rings (SSSR count). The van der Waals surface area contributed by atoms with Crippen molar-refractivity contribution in [2.75, 3.05) is 5.33 Å². The molecular weight excluding hydrogens is 312 g/mol. The number of aromatic nitrogens is 2. The van der Waals surface area contributed by atoms with E-state index in [2.05, 4.69) is 25.9 Å².